The number of rotatable bonds is 6. The monoisotopic (exact) mass is 441 g/mol. The van der Waals surface area contributed by atoms with E-state index in [2.05, 4.69) is 34.9 Å². The summed E-state index contributed by atoms with van der Waals surface area (Å²) >= 11 is 0. The van der Waals surface area contributed by atoms with Crippen LogP contribution in [0.2, 0.25) is 0 Å². The SMILES string of the molecule is C(=Nc1cccc(N=Cc2cccc(-c3ccccn3)n2)n1)c1cccc(-c2ccccn2)n1. The average molecular weight is 441 g/mol. The maximum absolute atomic E-state index is 4.61. The predicted octanol–water partition coefficient (Wildman–Crippen LogP) is 5.50. The van der Waals surface area contributed by atoms with Gasteiger partial charge in [-0.3, -0.25) is 9.97 Å². The first kappa shape index (κ1) is 21.0. The molecule has 0 amide bonds. The van der Waals surface area contributed by atoms with Crippen molar-refractivity contribution >= 4 is 24.1 Å². The zero-order valence-corrected chi connectivity index (χ0v) is 18.1. The van der Waals surface area contributed by atoms with E-state index in [9.17, 15) is 0 Å². The van der Waals surface area contributed by atoms with Gasteiger partial charge in [0.25, 0.3) is 0 Å². The Morgan fingerprint density at radius 2 is 0.912 bits per heavy atom. The second-order valence-electron chi connectivity index (χ2n) is 7.20. The molecule has 0 aliphatic rings. The van der Waals surface area contributed by atoms with Crippen LogP contribution in [0.1, 0.15) is 11.4 Å². The molecular formula is C27H19N7. The van der Waals surface area contributed by atoms with Gasteiger partial charge in [-0.05, 0) is 60.7 Å². The summed E-state index contributed by atoms with van der Waals surface area (Å²) < 4.78 is 0. The summed E-state index contributed by atoms with van der Waals surface area (Å²) in [7, 11) is 0. The van der Waals surface area contributed by atoms with Crippen LogP contribution >= 0.6 is 0 Å². The number of pyridine rings is 5. The molecule has 34 heavy (non-hydrogen) atoms. The van der Waals surface area contributed by atoms with Gasteiger partial charge in [0.1, 0.15) is 0 Å². The normalized spacial score (nSPS) is 11.3. The van der Waals surface area contributed by atoms with Gasteiger partial charge in [0.15, 0.2) is 11.6 Å². The summed E-state index contributed by atoms with van der Waals surface area (Å²) in [6, 6.07) is 28.4. The Morgan fingerprint density at radius 1 is 0.441 bits per heavy atom. The molecule has 5 rings (SSSR count). The molecule has 0 bridgehead atoms. The summed E-state index contributed by atoms with van der Waals surface area (Å²) in [5, 5.41) is 0. The van der Waals surface area contributed by atoms with Gasteiger partial charge in [-0.15, -0.1) is 0 Å². The molecule has 0 saturated carbocycles. The van der Waals surface area contributed by atoms with Gasteiger partial charge in [-0.1, -0.05) is 30.3 Å². The maximum atomic E-state index is 4.61. The smallest absolute Gasteiger partial charge is 0.154 e. The lowest BCUT2D eigenvalue weighted by Crippen LogP contribution is -1.92. The quantitative estimate of drug-likeness (QED) is 0.325. The van der Waals surface area contributed by atoms with E-state index in [0.717, 1.165) is 34.2 Å². The molecule has 0 atom stereocenters. The van der Waals surface area contributed by atoms with E-state index in [1.165, 1.54) is 0 Å². The summed E-state index contributed by atoms with van der Waals surface area (Å²) in [6.07, 6.45) is 6.86. The third kappa shape index (κ3) is 5.28. The molecule has 0 spiro atoms. The molecule has 162 valence electrons. The van der Waals surface area contributed by atoms with Crippen LogP contribution in [0, 0.1) is 0 Å². The molecule has 0 unspecified atom stereocenters. The predicted molar refractivity (Wildman–Crippen MR) is 134 cm³/mol. The second kappa shape index (κ2) is 10.1. The van der Waals surface area contributed by atoms with Gasteiger partial charge in [-0.25, -0.2) is 24.9 Å². The first-order valence-corrected chi connectivity index (χ1v) is 10.7. The molecule has 0 aliphatic heterocycles. The van der Waals surface area contributed by atoms with Gasteiger partial charge in [-0.2, -0.15) is 0 Å². The van der Waals surface area contributed by atoms with E-state index >= 15 is 0 Å². The average Bonchev–Trinajstić information content (AvgIpc) is 2.92. The van der Waals surface area contributed by atoms with E-state index in [1.54, 1.807) is 24.8 Å². The molecule has 0 N–H and O–H groups in total. The van der Waals surface area contributed by atoms with Gasteiger partial charge in [0.05, 0.1) is 46.6 Å². The Labute approximate surface area is 196 Å². The largest absolute Gasteiger partial charge is 0.255 e. The van der Waals surface area contributed by atoms with E-state index < -0.39 is 0 Å². The van der Waals surface area contributed by atoms with Crippen LogP contribution in [0.25, 0.3) is 22.8 Å². The molecule has 5 heterocycles. The van der Waals surface area contributed by atoms with Crippen LogP contribution < -0.4 is 0 Å². The molecule has 7 heteroatoms. The highest BCUT2D eigenvalue weighted by atomic mass is 15.0. The second-order valence-corrected chi connectivity index (χ2v) is 7.20. The lowest BCUT2D eigenvalue weighted by atomic mass is 10.2. The van der Waals surface area contributed by atoms with Crippen LogP contribution in [0.15, 0.2) is 113 Å². The zero-order valence-electron chi connectivity index (χ0n) is 18.1. The molecular weight excluding hydrogens is 422 g/mol. The van der Waals surface area contributed by atoms with Crippen LogP contribution in [0.4, 0.5) is 11.6 Å². The first-order chi connectivity index (χ1) is 16.8. The zero-order chi connectivity index (χ0) is 23.0. The Hall–Kier alpha value is -4.91. The van der Waals surface area contributed by atoms with Crippen LogP contribution in [0.3, 0.4) is 0 Å². The molecule has 0 aromatic carbocycles. The highest BCUT2D eigenvalue weighted by Gasteiger charge is 2.02. The van der Waals surface area contributed by atoms with Gasteiger partial charge < -0.3 is 0 Å². The first-order valence-electron chi connectivity index (χ1n) is 10.7. The Balaban J connectivity index is 1.32. The van der Waals surface area contributed by atoms with Crippen molar-refractivity contribution in [1.82, 2.24) is 24.9 Å². The van der Waals surface area contributed by atoms with Crippen LogP contribution in [-0.4, -0.2) is 37.3 Å². The van der Waals surface area contributed by atoms with Crippen molar-refractivity contribution < 1.29 is 0 Å². The summed E-state index contributed by atoms with van der Waals surface area (Å²) in [4.78, 5) is 31.3. The van der Waals surface area contributed by atoms with Crippen molar-refractivity contribution in [2.24, 2.45) is 9.98 Å². The molecule has 0 radical (unpaired) electrons. The summed E-state index contributed by atoms with van der Waals surface area (Å²) in [5.41, 5.74) is 4.64. The fourth-order valence-corrected chi connectivity index (χ4v) is 3.18. The minimum Gasteiger partial charge on any atom is -0.255 e. The van der Waals surface area contributed by atoms with Gasteiger partial charge >= 0.3 is 0 Å². The van der Waals surface area contributed by atoms with E-state index in [-0.39, 0.29) is 0 Å². The molecule has 0 saturated heterocycles. The van der Waals surface area contributed by atoms with Crippen molar-refractivity contribution in [2.45, 2.75) is 0 Å². The minimum absolute atomic E-state index is 0.537. The van der Waals surface area contributed by atoms with E-state index in [1.807, 2.05) is 91.0 Å². The Morgan fingerprint density at radius 3 is 1.38 bits per heavy atom. The topological polar surface area (TPSA) is 89.2 Å². The fourth-order valence-electron chi connectivity index (χ4n) is 3.18. The Kier molecular flexibility index (Phi) is 6.25. The number of aromatic nitrogens is 5. The van der Waals surface area contributed by atoms with E-state index in [4.69, 9.17) is 0 Å². The van der Waals surface area contributed by atoms with Gasteiger partial charge in [0.2, 0.25) is 0 Å². The van der Waals surface area contributed by atoms with Crippen molar-refractivity contribution in [3.8, 4) is 22.8 Å². The molecule has 0 fully saturated rings. The Bertz CT molecular complexity index is 1340. The fraction of sp³-hybridized carbons (Fsp3) is 0. The van der Waals surface area contributed by atoms with E-state index in [0.29, 0.717) is 11.6 Å². The summed E-state index contributed by atoms with van der Waals surface area (Å²) in [5.74, 6) is 1.07. The van der Waals surface area contributed by atoms with Gasteiger partial charge in [0, 0.05) is 12.4 Å². The van der Waals surface area contributed by atoms with Crippen molar-refractivity contribution in [3.63, 3.8) is 0 Å². The molecule has 5 aromatic rings. The third-order valence-corrected chi connectivity index (χ3v) is 4.77. The lowest BCUT2D eigenvalue weighted by Gasteiger charge is -2.01. The summed E-state index contributed by atoms with van der Waals surface area (Å²) in [6.45, 7) is 0. The standard InChI is InChI=1S/C27H19N7/c1-3-16-28-22(10-1)24-12-5-8-20(32-24)18-30-26-14-7-15-27(34-26)31-19-21-9-6-13-25(33-21)23-11-2-4-17-29-23/h1-19H. The number of aliphatic imine (C=N–C) groups is 2. The molecule has 5 aromatic heterocycles. The highest BCUT2D eigenvalue weighted by Crippen LogP contribution is 2.17. The van der Waals surface area contributed by atoms with Crippen LogP contribution in [-0.2, 0) is 0 Å². The van der Waals surface area contributed by atoms with Crippen molar-refractivity contribution in [3.05, 3.63) is 115 Å². The van der Waals surface area contributed by atoms with Crippen molar-refractivity contribution in [1.29, 1.82) is 0 Å². The van der Waals surface area contributed by atoms with Crippen LogP contribution in [0.5, 0.6) is 0 Å². The number of hydrogen-bond acceptors (Lipinski definition) is 7. The third-order valence-electron chi connectivity index (χ3n) is 4.77. The maximum Gasteiger partial charge on any atom is 0.154 e. The number of hydrogen-bond donors (Lipinski definition) is 0. The molecule has 0 aliphatic carbocycles. The molecule has 7 nitrogen and oxygen atoms in total. The lowest BCUT2D eigenvalue weighted by molar-refractivity contribution is 1.22. The minimum atomic E-state index is 0.537. The highest BCUT2D eigenvalue weighted by molar-refractivity contribution is 5.81. The van der Waals surface area contributed by atoms with Crippen molar-refractivity contribution in [2.75, 3.05) is 0 Å². The number of nitrogens with zero attached hydrogens (tertiary/aromatic N) is 7.